The first kappa shape index (κ1) is 17.4. The van der Waals surface area contributed by atoms with E-state index in [1.807, 2.05) is 53.5 Å². The molecule has 132 valence electrons. The lowest BCUT2D eigenvalue weighted by Gasteiger charge is -2.30. The van der Waals surface area contributed by atoms with Crippen LogP contribution in [0.15, 0.2) is 46.9 Å². The molecule has 6 nitrogen and oxygen atoms in total. The van der Waals surface area contributed by atoms with Crippen LogP contribution in [0.3, 0.4) is 0 Å². The number of carbonyl (C=O) groups is 2. The average Bonchev–Trinajstić information content (AvgIpc) is 3.05. The number of piperidine rings is 1. The summed E-state index contributed by atoms with van der Waals surface area (Å²) in [7, 11) is 1.87. The maximum absolute atomic E-state index is 12.3. The van der Waals surface area contributed by atoms with Crippen molar-refractivity contribution in [3.63, 3.8) is 0 Å². The molecule has 25 heavy (non-hydrogen) atoms. The average molecular weight is 359 g/mol. The largest absolute Gasteiger partial charge is 0.484 e. The Morgan fingerprint density at radius 2 is 1.96 bits per heavy atom. The molecule has 0 saturated carbocycles. The van der Waals surface area contributed by atoms with Gasteiger partial charge < -0.3 is 14.2 Å². The first-order chi connectivity index (χ1) is 12.1. The summed E-state index contributed by atoms with van der Waals surface area (Å²) in [5.74, 6) is 0.437. The van der Waals surface area contributed by atoms with E-state index >= 15 is 0 Å². The molecule has 1 saturated heterocycles. The van der Waals surface area contributed by atoms with Crippen molar-refractivity contribution in [3.8, 4) is 5.75 Å². The molecule has 2 aromatic rings. The molecule has 2 amide bonds. The van der Waals surface area contributed by atoms with Crippen LogP contribution in [0.1, 0.15) is 12.8 Å². The number of hydrogen-bond donors (Lipinski definition) is 0. The van der Waals surface area contributed by atoms with Gasteiger partial charge in [-0.25, -0.2) is 0 Å². The number of hydrogen-bond acceptors (Lipinski definition) is 4. The number of aryl methyl sites for hydroxylation is 1. The zero-order valence-corrected chi connectivity index (χ0v) is 14.9. The van der Waals surface area contributed by atoms with Gasteiger partial charge in [-0.15, -0.1) is 11.3 Å². The highest BCUT2D eigenvalue weighted by molar-refractivity contribution is 7.07. The van der Waals surface area contributed by atoms with E-state index in [1.54, 1.807) is 4.90 Å². The summed E-state index contributed by atoms with van der Waals surface area (Å²) in [4.78, 5) is 31.2. The van der Waals surface area contributed by atoms with Crippen molar-refractivity contribution in [1.82, 2.24) is 9.47 Å². The first-order valence-electron chi connectivity index (χ1n) is 8.28. The Morgan fingerprint density at radius 3 is 2.60 bits per heavy atom. The second-order valence-electron chi connectivity index (χ2n) is 6.00. The summed E-state index contributed by atoms with van der Waals surface area (Å²) in [6.07, 6.45) is 3.17. The highest BCUT2D eigenvalue weighted by Gasteiger charge is 2.27. The van der Waals surface area contributed by atoms with Gasteiger partial charge in [-0.2, -0.15) is 4.99 Å². The van der Waals surface area contributed by atoms with E-state index in [0.717, 1.165) is 0 Å². The molecule has 1 aromatic carbocycles. The lowest BCUT2D eigenvalue weighted by molar-refractivity contribution is -0.136. The number of amides is 2. The number of ether oxygens (including phenoxy) is 1. The van der Waals surface area contributed by atoms with Crippen LogP contribution in [0.25, 0.3) is 0 Å². The zero-order valence-electron chi connectivity index (χ0n) is 14.1. The van der Waals surface area contributed by atoms with Crippen molar-refractivity contribution < 1.29 is 14.3 Å². The van der Waals surface area contributed by atoms with Crippen LogP contribution in [0.2, 0.25) is 0 Å². The third-order valence-electron chi connectivity index (χ3n) is 4.27. The quantitative estimate of drug-likeness (QED) is 0.837. The fraction of sp³-hybridized carbons (Fsp3) is 0.389. The molecule has 0 unspecified atom stereocenters. The molecular weight excluding hydrogens is 338 g/mol. The predicted octanol–water partition coefficient (Wildman–Crippen LogP) is 1.83. The molecule has 1 aromatic heterocycles. The number of benzene rings is 1. The monoisotopic (exact) mass is 359 g/mol. The lowest BCUT2D eigenvalue weighted by atomic mass is 9.96. The van der Waals surface area contributed by atoms with Gasteiger partial charge in [0.25, 0.3) is 11.8 Å². The number of likely N-dealkylation sites (tertiary alicyclic amines) is 1. The first-order valence-corrected chi connectivity index (χ1v) is 9.16. The molecule has 2 heterocycles. The fourth-order valence-corrected chi connectivity index (χ4v) is 3.48. The molecule has 7 heteroatoms. The van der Waals surface area contributed by atoms with Gasteiger partial charge in [0.1, 0.15) is 5.75 Å². The molecule has 0 spiro atoms. The molecular formula is C18H21N3O3S. The van der Waals surface area contributed by atoms with E-state index in [9.17, 15) is 9.59 Å². The summed E-state index contributed by atoms with van der Waals surface area (Å²) in [6.45, 7) is 1.16. The summed E-state index contributed by atoms with van der Waals surface area (Å²) in [6, 6.07) is 9.29. The van der Waals surface area contributed by atoms with Crippen molar-refractivity contribution in [2.24, 2.45) is 18.0 Å². The van der Waals surface area contributed by atoms with Crippen molar-refractivity contribution in [2.45, 2.75) is 12.8 Å². The Morgan fingerprint density at radius 1 is 1.24 bits per heavy atom. The van der Waals surface area contributed by atoms with Crippen LogP contribution in [0.5, 0.6) is 5.75 Å². The molecule has 1 fully saturated rings. The van der Waals surface area contributed by atoms with Crippen LogP contribution >= 0.6 is 11.3 Å². The zero-order chi connectivity index (χ0) is 17.6. The van der Waals surface area contributed by atoms with E-state index in [0.29, 0.717) is 36.5 Å². The van der Waals surface area contributed by atoms with Crippen molar-refractivity contribution in [1.29, 1.82) is 0 Å². The molecule has 0 N–H and O–H groups in total. The van der Waals surface area contributed by atoms with Crippen LogP contribution in [-0.4, -0.2) is 41.0 Å². The van der Waals surface area contributed by atoms with Gasteiger partial charge in [-0.3, -0.25) is 9.59 Å². The Labute approximate surface area is 150 Å². The SMILES string of the molecule is Cn1ccsc1=NC(=O)C1CCN(C(=O)COc2ccccc2)CC1. The minimum atomic E-state index is -0.110. The highest BCUT2D eigenvalue weighted by Crippen LogP contribution is 2.19. The molecule has 0 radical (unpaired) electrons. The predicted molar refractivity (Wildman–Crippen MR) is 95.1 cm³/mol. The van der Waals surface area contributed by atoms with Gasteiger partial charge in [0.15, 0.2) is 11.4 Å². The topological polar surface area (TPSA) is 63.9 Å². The summed E-state index contributed by atoms with van der Waals surface area (Å²) in [5, 5.41) is 1.90. The Balaban J connectivity index is 1.49. The Kier molecular flexibility index (Phi) is 5.65. The summed E-state index contributed by atoms with van der Waals surface area (Å²) < 4.78 is 7.34. The van der Waals surface area contributed by atoms with Crippen molar-refractivity contribution in [3.05, 3.63) is 46.7 Å². The minimum Gasteiger partial charge on any atom is -0.484 e. The third kappa shape index (κ3) is 4.57. The minimum absolute atomic E-state index is 0.0258. The van der Waals surface area contributed by atoms with Gasteiger partial charge >= 0.3 is 0 Å². The molecule has 3 rings (SSSR count). The number of rotatable bonds is 4. The second-order valence-corrected chi connectivity index (χ2v) is 6.88. The van der Waals surface area contributed by atoms with Crippen LogP contribution in [-0.2, 0) is 16.6 Å². The lowest BCUT2D eigenvalue weighted by Crippen LogP contribution is -2.42. The molecule has 0 aliphatic carbocycles. The molecule has 0 bridgehead atoms. The van der Waals surface area contributed by atoms with Gasteiger partial charge in [-0.1, -0.05) is 18.2 Å². The third-order valence-corrected chi connectivity index (χ3v) is 5.12. The molecule has 1 aliphatic heterocycles. The second kappa shape index (κ2) is 8.11. The van der Waals surface area contributed by atoms with E-state index in [2.05, 4.69) is 4.99 Å². The smallest absolute Gasteiger partial charge is 0.260 e. The van der Waals surface area contributed by atoms with E-state index < -0.39 is 0 Å². The standard InChI is InChI=1S/C18H21N3O3S/c1-20-11-12-25-18(20)19-17(23)14-7-9-21(10-8-14)16(22)13-24-15-5-3-2-4-6-15/h2-6,11-12,14H,7-10,13H2,1H3. The molecule has 1 aliphatic rings. The Hall–Kier alpha value is -2.41. The van der Waals surface area contributed by atoms with E-state index in [4.69, 9.17) is 4.74 Å². The normalized spacial score (nSPS) is 16.0. The molecule has 0 atom stereocenters. The van der Waals surface area contributed by atoms with E-state index in [1.165, 1.54) is 11.3 Å². The highest BCUT2D eigenvalue weighted by atomic mass is 32.1. The van der Waals surface area contributed by atoms with Crippen molar-refractivity contribution >= 4 is 23.2 Å². The van der Waals surface area contributed by atoms with Crippen LogP contribution in [0.4, 0.5) is 0 Å². The van der Waals surface area contributed by atoms with Gasteiger partial charge in [0.2, 0.25) is 0 Å². The maximum atomic E-state index is 12.3. The summed E-state index contributed by atoms with van der Waals surface area (Å²) in [5.41, 5.74) is 0. The number of nitrogens with zero attached hydrogens (tertiary/aromatic N) is 3. The number of aromatic nitrogens is 1. The number of para-hydroxylation sites is 1. The fourth-order valence-electron chi connectivity index (χ4n) is 2.75. The Bertz CT molecular complexity index is 789. The van der Waals surface area contributed by atoms with Gasteiger partial charge in [-0.05, 0) is 25.0 Å². The number of thiazole rings is 1. The van der Waals surface area contributed by atoms with Crippen LogP contribution < -0.4 is 9.54 Å². The van der Waals surface area contributed by atoms with Crippen molar-refractivity contribution in [2.75, 3.05) is 19.7 Å². The number of carbonyl (C=O) groups excluding carboxylic acids is 2. The van der Waals surface area contributed by atoms with Crippen LogP contribution in [0, 0.1) is 5.92 Å². The van der Waals surface area contributed by atoms with E-state index in [-0.39, 0.29) is 24.3 Å². The maximum Gasteiger partial charge on any atom is 0.260 e. The van der Waals surface area contributed by atoms with Gasteiger partial charge in [0, 0.05) is 37.6 Å². The summed E-state index contributed by atoms with van der Waals surface area (Å²) >= 11 is 1.45. The van der Waals surface area contributed by atoms with Gasteiger partial charge in [0.05, 0.1) is 0 Å².